The van der Waals surface area contributed by atoms with Crippen LogP contribution in [0, 0.1) is 10.1 Å². The van der Waals surface area contributed by atoms with Gasteiger partial charge in [-0.2, -0.15) is 13.2 Å². The number of amides is 1. The van der Waals surface area contributed by atoms with Crippen molar-refractivity contribution in [1.82, 2.24) is 0 Å². The minimum atomic E-state index is -4.95. The number of carbonyl (C=O) groups is 1. The van der Waals surface area contributed by atoms with E-state index in [-0.39, 0.29) is 16.4 Å². The number of carbonyl (C=O) groups excluding carboxylic acids is 1. The maximum Gasteiger partial charge on any atom is 0.415 e. The largest absolute Gasteiger partial charge is 0.415 e. The molecular formula is C10H9ClF3N3O3. The van der Waals surface area contributed by atoms with Gasteiger partial charge in [0, 0.05) is 12.1 Å². The van der Waals surface area contributed by atoms with Crippen LogP contribution in [0.5, 0.6) is 0 Å². The maximum absolute atomic E-state index is 12.5. The van der Waals surface area contributed by atoms with Crippen LogP contribution in [-0.2, 0) is 4.79 Å². The fourth-order valence-corrected chi connectivity index (χ4v) is 1.32. The molecular weight excluding hydrogens is 303 g/mol. The molecule has 3 N–H and O–H groups in total. The van der Waals surface area contributed by atoms with E-state index in [0.717, 1.165) is 18.2 Å². The van der Waals surface area contributed by atoms with Crippen LogP contribution >= 0.6 is 11.6 Å². The number of rotatable bonds is 3. The number of nitrogens with zero attached hydrogens (tertiary/aromatic N) is 1. The second-order valence-corrected chi connectivity index (χ2v) is 4.48. The Kier molecular flexibility index (Phi) is 4.25. The molecule has 0 aliphatic heterocycles. The quantitative estimate of drug-likeness (QED) is 0.661. The lowest BCUT2D eigenvalue weighted by molar-refractivity contribution is -0.384. The summed E-state index contributed by atoms with van der Waals surface area (Å²) in [6.45, 7) is 0.502. The van der Waals surface area contributed by atoms with E-state index in [4.69, 9.17) is 17.3 Å². The molecule has 1 unspecified atom stereocenters. The summed E-state index contributed by atoms with van der Waals surface area (Å²) in [6.07, 6.45) is -4.95. The van der Waals surface area contributed by atoms with E-state index < -0.39 is 22.5 Å². The van der Waals surface area contributed by atoms with Crippen molar-refractivity contribution >= 4 is 28.9 Å². The van der Waals surface area contributed by atoms with E-state index >= 15 is 0 Å². The van der Waals surface area contributed by atoms with E-state index in [0.29, 0.717) is 6.92 Å². The van der Waals surface area contributed by atoms with Gasteiger partial charge in [-0.25, -0.2) is 0 Å². The highest BCUT2D eigenvalue weighted by atomic mass is 35.5. The molecule has 0 radical (unpaired) electrons. The third-order valence-electron chi connectivity index (χ3n) is 2.47. The first-order valence-electron chi connectivity index (χ1n) is 5.08. The Balaban J connectivity index is 3.00. The van der Waals surface area contributed by atoms with E-state index in [1.807, 2.05) is 5.32 Å². The summed E-state index contributed by atoms with van der Waals surface area (Å²) in [7, 11) is 0. The summed E-state index contributed by atoms with van der Waals surface area (Å²) in [4.78, 5) is 21.2. The van der Waals surface area contributed by atoms with Crippen LogP contribution < -0.4 is 11.1 Å². The van der Waals surface area contributed by atoms with Gasteiger partial charge >= 0.3 is 6.18 Å². The monoisotopic (exact) mass is 311 g/mol. The molecule has 1 aromatic rings. The van der Waals surface area contributed by atoms with Gasteiger partial charge in [0.05, 0.1) is 15.6 Å². The molecule has 0 saturated heterocycles. The molecule has 0 aliphatic rings. The van der Waals surface area contributed by atoms with E-state index in [2.05, 4.69) is 0 Å². The predicted molar refractivity (Wildman–Crippen MR) is 65.4 cm³/mol. The molecule has 1 rings (SSSR count). The van der Waals surface area contributed by atoms with Crippen molar-refractivity contribution in [3.63, 3.8) is 0 Å². The van der Waals surface area contributed by atoms with Gasteiger partial charge in [0.15, 0.2) is 5.54 Å². The minimum absolute atomic E-state index is 0.205. The van der Waals surface area contributed by atoms with Crippen molar-refractivity contribution in [1.29, 1.82) is 0 Å². The second kappa shape index (κ2) is 5.25. The zero-order valence-corrected chi connectivity index (χ0v) is 10.7. The fourth-order valence-electron chi connectivity index (χ4n) is 1.10. The molecule has 1 aromatic carbocycles. The zero-order valence-electron chi connectivity index (χ0n) is 9.99. The minimum Gasteiger partial charge on any atom is -0.323 e. The van der Waals surface area contributed by atoms with Crippen LogP contribution in [-0.4, -0.2) is 22.5 Å². The number of nitrogens with two attached hydrogens (primary N) is 1. The van der Waals surface area contributed by atoms with Crippen LogP contribution in [0.4, 0.5) is 24.5 Å². The summed E-state index contributed by atoms with van der Waals surface area (Å²) >= 11 is 5.64. The number of alkyl halides is 3. The number of anilines is 1. The standard InChI is InChI=1S/C10H9ClF3N3O3/c1-9(15,10(12,13)14)8(18)16-7-3-2-5(17(19)20)4-6(7)11/h2-4H,15H2,1H3,(H,16,18). The lowest BCUT2D eigenvalue weighted by Gasteiger charge is -2.26. The predicted octanol–water partition coefficient (Wildman–Crippen LogP) is 2.47. The van der Waals surface area contributed by atoms with Crippen molar-refractivity contribution in [3.05, 3.63) is 33.3 Å². The first-order chi connectivity index (χ1) is 8.96. The molecule has 0 saturated carbocycles. The van der Waals surface area contributed by atoms with Crippen LogP contribution in [0.1, 0.15) is 6.92 Å². The molecule has 0 aromatic heterocycles. The van der Waals surface area contributed by atoms with E-state index in [1.165, 1.54) is 0 Å². The van der Waals surface area contributed by atoms with Crippen molar-refractivity contribution in [2.75, 3.05) is 5.32 Å². The van der Waals surface area contributed by atoms with Gasteiger partial charge in [-0.1, -0.05) is 11.6 Å². The van der Waals surface area contributed by atoms with Crippen molar-refractivity contribution in [2.24, 2.45) is 5.73 Å². The maximum atomic E-state index is 12.5. The third kappa shape index (κ3) is 3.17. The number of nitro groups is 1. The Bertz CT molecular complexity index is 560. The van der Waals surface area contributed by atoms with Crippen molar-refractivity contribution in [3.8, 4) is 0 Å². The molecule has 110 valence electrons. The van der Waals surface area contributed by atoms with Crippen molar-refractivity contribution < 1.29 is 22.9 Å². The number of nitrogens with one attached hydrogen (secondary N) is 1. The van der Waals surface area contributed by atoms with Gasteiger partial charge < -0.3 is 11.1 Å². The second-order valence-electron chi connectivity index (χ2n) is 4.08. The van der Waals surface area contributed by atoms with Crippen LogP contribution in [0.2, 0.25) is 5.02 Å². The average Bonchev–Trinajstić information content (AvgIpc) is 2.29. The molecule has 0 aliphatic carbocycles. The van der Waals surface area contributed by atoms with Gasteiger partial charge in [0.1, 0.15) is 0 Å². The average molecular weight is 312 g/mol. The summed E-state index contributed by atoms with van der Waals surface area (Å²) in [6, 6.07) is 2.91. The number of halogens is 4. The lowest BCUT2D eigenvalue weighted by atomic mass is 10.0. The molecule has 20 heavy (non-hydrogen) atoms. The van der Waals surface area contributed by atoms with Crippen molar-refractivity contribution in [2.45, 2.75) is 18.6 Å². The number of non-ortho nitro benzene ring substituents is 1. The topological polar surface area (TPSA) is 98.3 Å². The highest BCUT2D eigenvalue weighted by Gasteiger charge is 2.54. The number of nitro benzene ring substituents is 1. The first-order valence-corrected chi connectivity index (χ1v) is 5.45. The lowest BCUT2D eigenvalue weighted by Crippen LogP contribution is -2.59. The van der Waals surface area contributed by atoms with E-state index in [9.17, 15) is 28.1 Å². The van der Waals surface area contributed by atoms with Crippen LogP contribution in [0.3, 0.4) is 0 Å². The molecule has 10 heteroatoms. The fraction of sp³-hybridized carbons (Fsp3) is 0.300. The van der Waals surface area contributed by atoms with Gasteiger partial charge in [0.25, 0.3) is 11.6 Å². The zero-order chi connectivity index (χ0) is 15.7. The molecule has 0 bridgehead atoms. The highest BCUT2D eigenvalue weighted by Crippen LogP contribution is 2.31. The Morgan fingerprint density at radius 1 is 1.45 bits per heavy atom. The number of benzene rings is 1. The normalized spacial score (nSPS) is 14.5. The van der Waals surface area contributed by atoms with Crippen LogP contribution in [0.15, 0.2) is 18.2 Å². The smallest absolute Gasteiger partial charge is 0.323 e. The van der Waals surface area contributed by atoms with E-state index in [1.54, 1.807) is 0 Å². The number of hydrogen-bond donors (Lipinski definition) is 2. The Morgan fingerprint density at radius 2 is 2.00 bits per heavy atom. The molecule has 0 spiro atoms. The first kappa shape index (κ1) is 16.2. The Hall–Kier alpha value is -1.87. The van der Waals surface area contributed by atoms with Gasteiger partial charge in [-0.3, -0.25) is 14.9 Å². The Morgan fingerprint density at radius 3 is 2.40 bits per heavy atom. The van der Waals surface area contributed by atoms with Gasteiger partial charge in [-0.15, -0.1) is 0 Å². The summed E-state index contributed by atoms with van der Waals surface area (Å²) in [5, 5.41) is 12.1. The summed E-state index contributed by atoms with van der Waals surface area (Å²) in [5.41, 5.74) is 1.24. The SMILES string of the molecule is CC(N)(C(=O)Nc1ccc([N+](=O)[O-])cc1Cl)C(F)(F)F. The molecule has 1 amide bonds. The third-order valence-corrected chi connectivity index (χ3v) is 2.78. The summed E-state index contributed by atoms with van der Waals surface area (Å²) in [5.74, 6) is -1.53. The molecule has 6 nitrogen and oxygen atoms in total. The highest BCUT2D eigenvalue weighted by molar-refractivity contribution is 6.34. The number of hydrogen-bond acceptors (Lipinski definition) is 4. The van der Waals surface area contributed by atoms with Crippen LogP contribution in [0.25, 0.3) is 0 Å². The Labute approximate surface area is 115 Å². The summed E-state index contributed by atoms with van der Waals surface area (Å²) < 4.78 is 37.6. The molecule has 0 fully saturated rings. The van der Waals surface area contributed by atoms with Gasteiger partial charge in [0.2, 0.25) is 0 Å². The molecule has 0 heterocycles. The molecule has 1 atom stereocenters. The van der Waals surface area contributed by atoms with Gasteiger partial charge in [-0.05, 0) is 13.0 Å².